The molecule has 0 saturated carbocycles. The number of ether oxygens (including phenoxy) is 10. The fourth-order valence-electron chi connectivity index (χ4n) is 16.3. The van der Waals surface area contributed by atoms with Crippen LogP contribution in [0.25, 0.3) is 43.8 Å². The third-order valence-corrected chi connectivity index (χ3v) is 31.3. The number of fused-ring (bicyclic) bond motifs is 2. The normalized spacial score (nSPS) is 20.7. The Labute approximate surface area is 891 Å². The van der Waals surface area contributed by atoms with Gasteiger partial charge in [-0.1, -0.05) is 241 Å². The van der Waals surface area contributed by atoms with Crippen LogP contribution in [0.1, 0.15) is 147 Å². The number of hydrogen-bond acceptors (Lipinski definition) is 30. The van der Waals surface area contributed by atoms with E-state index in [1.165, 1.54) is 58.8 Å². The van der Waals surface area contributed by atoms with Crippen LogP contribution in [0.5, 0.6) is 0 Å². The molecule has 0 amide bonds. The molecular formula is C117H104Cl2O25S5. The van der Waals surface area contributed by atoms with Crippen molar-refractivity contribution in [3.8, 4) is 22.3 Å². The molecule has 0 aromatic heterocycles. The van der Waals surface area contributed by atoms with Crippen LogP contribution >= 0.6 is 82.0 Å². The minimum atomic E-state index is -0.688. The third-order valence-electron chi connectivity index (χ3n) is 24.3. The van der Waals surface area contributed by atoms with E-state index in [2.05, 4.69) is 0 Å². The highest BCUT2D eigenvalue weighted by Crippen LogP contribution is 2.42. The maximum absolute atomic E-state index is 12.8. The Morgan fingerprint density at radius 1 is 0.221 bits per heavy atom. The zero-order valence-corrected chi connectivity index (χ0v) is 86.0. The highest BCUT2D eigenvalue weighted by molar-refractivity contribution is 8.01. The fraction of sp³-hybridized carbons (Fsp3) is 0.231. The van der Waals surface area contributed by atoms with Crippen molar-refractivity contribution in [3.05, 3.63) is 429 Å². The van der Waals surface area contributed by atoms with Gasteiger partial charge in [-0.3, -0.25) is 0 Å². The SMILES string of the molecule is Cc1ccc(C(=O)OC[C@@H]2SC(O)C[C@@H]2OC(=O)c2ccc(C)cc2)cc1.O=C(OC[C@@H]1SC(O)C[C@@H]1OC(=O)c1ccc(-c2ccccc2)cc1)c1ccc(-c2ccccc2)cc1.O=C(OC[C@@H]1SC(O)C[C@@H]1OC(=O)c1ccc(Cl)cc1)c1ccc(Cl)cc1.O=C(OC[C@@H]1SC(O)C[C@@H]1OC(=O)c1ccc2ccccc2c1)c1ccc2ccccc2c1.O=C(OC[C@@H]1SC(O)C[C@@H]1OC(=O)c1ccccc1)c1ccccc1. The lowest BCUT2D eigenvalue weighted by atomic mass is 10.0. The van der Waals surface area contributed by atoms with Gasteiger partial charge in [0.15, 0.2) is 0 Å². The van der Waals surface area contributed by atoms with Crippen LogP contribution in [0.2, 0.25) is 10.0 Å². The summed E-state index contributed by atoms with van der Waals surface area (Å²) in [4.78, 5) is 124. The number of rotatable bonds is 27. The molecule has 19 rings (SSSR count). The number of aliphatic hydroxyl groups is 5. The van der Waals surface area contributed by atoms with Crippen LogP contribution < -0.4 is 0 Å². The molecule has 5 saturated heterocycles. The second kappa shape index (κ2) is 54.0. The van der Waals surface area contributed by atoms with Crippen molar-refractivity contribution in [3.63, 3.8) is 0 Å². The molecular weight excluding hydrogens is 2040 g/mol. The number of halogens is 2. The van der Waals surface area contributed by atoms with Crippen LogP contribution in [0, 0.1) is 13.8 Å². The van der Waals surface area contributed by atoms with Gasteiger partial charge in [0, 0.05) is 42.1 Å². The van der Waals surface area contributed by atoms with Gasteiger partial charge in [-0.05, 0) is 203 Å². The van der Waals surface area contributed by atoms with E-state index in [9.17, 15) is 73.5 Å². The first kappa shape index (κ1) is 110. The van der Waals surface area contributed by atoms with Crippen molar-refractivity contribution in [1.82, 2.24) is 0 Å². The molecule has 25 nitrogen and oxygen atoms in total. The lowest BCUT2D eigenvalue weighted by Crippen LogP contribution is -2.29. The maximum atomic E-state index is 12.8. The van der Waals surface area contributed by atoms with Crippen molar-refractivity contribution in [2.75, 3.05) is 33.0 Å². The first-order valence-corrected chi connectivity index (χ1v) is 53.2. The molecule has 766 valence electrons. The zero-order chi connectivity index (χ0) is 105. The van der Waals surface area contributed by atoms with Gasteiger partial charge < -0.3 is 72.9 Å². The summed E-state index contributed by atoms with van der Waals surface area (Å²) in [5, 5.41) is 53.4. The molecule has 5 N–H and O–H groups in total. The largest absolute Gasteiger partial charge is 0.461 e. The van der Waals surface area contributed by atoms with Crippen LogP contribution in [-0.2, 0) is 47.4 Å². The number of thioether (sulfide) groups is 5. The van der Waals surface area contributed by atoms with Gasteiger partial charge in [-0.15, -0.1) is 58.8 Å². The van der Waals surface area contributed by atoms with Gasteiger partial charge in [0.1, 0.15) is 90.7 Å². The molecule has 0 bridgehead atoms. The van der Waals surface area contributed by atoms with E-state index < -0.39 is 117 Å². The molecule has 14 aromatic rings. The van der Waals surface area contributed by atoms with Gasteiger partial charge >= 0.3 is 59.7 Å². The number of esters is 10. The van der Waals surface area contributed by atoms with E-state index in [1.807, 2.05) is 196 Å². The molecule has 149 heavy (non-hydrogen) atoms. The Balaban J connectivity index is 0.000000140. The highest BCUT2D eigenvalue weighted by Gasteiger charge is 2.44. The molecule has 0 aliphatic carbocycles. The van der Waals surface area contributed by atoms with Gasteiger partial charge in [0.05, 0.1) is 81.9 Å². The lowest BCUT2D eigenvalue weighted by molar-refractivity contribution is 0.0161. The van der Waals surface area contributed by atoms with Crippen molar-refractivity contribution in [1.29, 1.82) is 0 Å². The van der Waals surface area contributed by atoms with Crippen LogP contribution in [-0.4, -0.2) is 202 Å². The number of carbonyl (C=O) groups is 10. The Bertz CT molecular complexity index is 6760. The molecule has 15 atom stereocenters. The molecule has 5 fully saturated rings. The smallest absolute Gasteiger partial charge is 0.338 e. The standard InChI is InChI=1S/C31H26O5S.C27H22O5S.C21H22O5S.C19H16Cl2O5S.C19H18O5S/c32-29-19-27(36-31(34)26-17-13-24(14-18-26)22-9-5-2-6-10-22)28(37-29)20-35-30(33)25-15-11-23(12-16-25)21-7-3-1-4-8-21;28-25-15-23(32-27(30)22-12-10-18-6-2-4-8-20(18)14-22)24(33-25)16-31-26(29)21-11-9-17-5-1-3-7-19(17)13-21;1-13-3-7-15(8-4-13)20(23)25-12-18-17(11-19(22)27-18)26-21(24)16-9-5-14(2)6-10-16;20-13-5-1-11(2-6-13)18(23)25-10-16-15(9-17(22)27-16)26-19(24)12-3-7-14(21)8-4-12;20-17-11-15(24-19(22)14-9-5-2-6-10-14)16(25-17)12-23-18(21)13-7-3-1-4-8-13/h1-18,27-29,32H,19-20H2;1-14,23-25,28H,15-16H2;3-10,17-19,22H,11-12H2,1-2H3;1-8,15-17,22H,9-10H2;1-10,15-17,20H,11-12H2/t27-,28-,29?;23-,24-,25?;17-,18-,19?;2*15-,16-,17?/m00000/s1. The fourth-order valence-corrected chi connectivity index (χ4v) is 22.5. The average molecular weight is 2140 g/mol. The zero-order valence-electron chi connectivity index (χ0n) is 80.4. The Kier molecular flexibility index (Phi) is 39.8. The predicted octanol–water partition coefficient (Wildman–Crippen LogP) is 22.0. The van der Waals surface area contributed by atoms with Crippen molar-refractivity contribution < 1.29 is 121 Å². The summed E-state index contributed by atoms with van der Waals surface area (Å²) < 4.78 is 55.1. The third kappa shape index (κ3) is 32.0. The quantitative estimate of drug-likeness (QED) is 0.0236. The minimum Gasteiger partial charge on any atom is -0.461 e. The van der Waals surface area contributed by atoms with E-state index >= 15 is 0 Å². The molecule has 5 aliphatic heterocycles. The molecule has 5 heterocycles. The van der Waals surface area contributed by atoms with Gasteiger partial charge in [0.25, 0.3) is 0 Å². The molecule has 32 heteroatoms. The Hall–Kier alpha value is -13.6. The highest BCUT2D eigenvalue weighted by atomic mass is 35.5. The molecule has 14 aromatic carbocycles. The van der Waals surface area contributed by atoms with Crippen LogP contribution in [0.3, 0.4) is 0 Å². The summed E-state index contributed by atoms with van der Waals surface area (Å²) >= 11 is 17.8. The summed E-state index contributed by atoms with van der Waals surface area (Å²) in [5.41, 5.74) is 7.28. The molecule has 0 radical (unpaired) electrons. The first-order chi connectivity index (χ1) is 72.1. The summed E-state index contributed by atoms with van der Waals surface area (Å²) in [6, 6.07) is 105. The van der Waals surface area contributed by atoms with E-state index in [-0.39, 0.29) is 72.1 Å². The monoisotopic (exact) mass is 2140 g/mol. The Morgan fingerprint density at radius 2 is 0.409 bits per heavy atom. The van der Waals surface area contributed by atoms with Gasteiger partial charge in [-0.25, -0.2) is 47.9 Å². The predicted molar refractivity (Wildman–Crippen MR) is 577 cm³/mol. The first-order valence-electron chi connectivity index (χ1n) is 47.7. The van der Waals surface area contributed by atoms with E-state index in [0.717, 1.165) is 54.9 Å². The van der Waals surface area contributed by atoms with Crippen LogP contribution in [0.15, 0.2) is 352 Å². The molecule has 5 aliphatic rings. The molecule has 0 spiro atoms. The second-order valence-corrected chi connectivity index (χ2v) is 43.0. The lowest BCUT2D eigenvalue weighted by Gasteiger charge is -2.19. The van der Waals surface area contributed by atoms with Crippen molar-refractivity contribution in [2.24, 2.45) is 0 Å². The molecule has 5 unspecified atom stereocenters. The number of aliphatic hydroxyl groups excluding tert-OH is 5. The number of benzene rings is 14. The summed E-state index contributed by atoms with van der Waals surface area (Å²) in [7, 11) is 0. The average Bonchev–Trinajstić information content (AvgIpc) is 1.32. The minimum absolute atomic E-state index is 0.0156. The van der Waals surface area contributed by atoms with Crippen molar-refractivity contribution >= 4 is 163 Å². The summed E-state index contributed by atoms with van der Waals surface area (Å²) in [5.74, 6) is -4.58. The maximum Gasteiger partial charge on any atom is 0.338 e. The van der Waals surface area contributed by atoms with E-state index in [0.29, 0.717) is 84.9 Å². The van der Waals surface area contributed by atoms with Crippen molar-refractivity contribution in [2.45, 2.75) is 130 Å². The summed E-state index contributed by atoms with van der Waals surface area (Å²) in [6.07, 6.45) is -1.21. The topological polar surface area (TPSA) is 364 Å². The second-order valence-electron chi connectivity index (χ2n) is 35.0. The van der Waals surface area contributed by atoms with Crippen LogP contribution in [0.4, 0.5) is 0 Å². The number of carbonyl (C=O) groups excluding carboxylic acids is 10. The van der Waals surface area contributed by atoms with Gasteiger partial charge in [0.2, 0.25) is 0 Å². The van der Waals surface area contributed by atoms with Gasteiger partial charge in [-0.2, -0.15) is 0 Å². The van der Waals surface area contributed by atoms with E-state index in [4.69, 9.17) is 70.6 Å². The van der Waals surface area contributed by atoms with E-state index in [1.54, 1.807) is 170 Å². The summed E-state index contributed by atoms with van der Waals surface area (Å²) in [6.45, 7) is 4.12. The Morgan fingerprint density at radius 3 is 0.685 bits per heavy atom. The number of aryl methyl sites for hydroxylation is 2. The number of hydrogen-bond donors (Lipinski definition) is 5.